The first-order valence-corrected chi connectivity index (χ1v) is 7.00. The van der Waals surface area contributed by atoms with Crippen molar-refractivity contribution in [3.63, 3.8) is 0 Å². The largest absolute Gasteiger partial charge is 0.355 e. The maximum atomic E-state index is 12.0. The van der Waals surface area contributed by atoms with Crippen LogP contribution in [0, 0.1) is 0 Å². The lowest BCUT2D eigenvalue weighted by molar-refractivity contribution is -0.126. The van der Waals surface area contributed by atoms with Gasteiger partial charge in [0.05, 0.1) is 6.04 Å². The summed E-state index contributed by atoms with van der Waals surface area (Å²) in [6.45, 7) is 6.00. The fraction of sp³-hybridized carbons (Fsp3) is 0.533. The molecule has 0 radical (unpaired) electrons. The number of rotatable bonds is 4. The molecule has 0 bridgehead atoms. The molecular formula is C15H23N3O. The first-order chi connectivity index (χ1) is 9.19. The third kappa shape index (κ3) is 2.80. The predicted octanol–water partition coefficient (Wildman–Crippen LogP) is 1.07. The molecule has 1 aromatic carbocycles. The minimum Gasteiger partial charge on any atom is -0.355 e. The normalized spacial score (nSPS) is 20.7. The molecule has 2 atom stereocenters. The van der Waals surface area contributed by atoms with Crippen LogP contribution in [0.5, 0.6) is 0 Å². The minimum atomic E-state index is -0.137. The number of hydrogen-bond acceptors (Lipinski definition) is 3. The maximum absolute atomic E-state index is 12.0. The summed E-state index contributed by atoms with van der Waals surface area (Å²) < 4.78 is 0. The van der Waals surface area contributed by atoms with Gasteiger partial charge in [0.1, 0.15) is 0 Å². The van der Waals surface area contributed by atoms with Gasteiger partial charge in [0.25, 0.3) is 0 Å². The summed E-state index contributed by atoms with van der Waals surface area (Å²) in [6, 6.07) is 8.40. The van der Waals surface area contributed by atoms with Crippen molar-refractivity contribution in [3.8, 4) is 0 Å². The van der Waals surface area contributed by atoms with Gasteiger partial charge in [-0.3, -0.25) is 9.69 Å². The van der Waals surface area contributed by atoms with Gasteiger partial charge >= 0.3 is 0 Å². The molecule has 0 aliphatic carbocycles. The van der Waals surface area contributed by atoms with Crippen LogP contribution in [-0.4, -0.2) is 36.5 Å². The molecule has 0 saturated heterocycles. The number of benzene rings is 1. The van der Waals surface area contributed by atoms with Gasteiger partial charge in [-0.05, 0) is 31.4 Å². The van der Waals surface area contributed by atoms with E-state index < -0.39 is 0 Å². The van der Waals surface area contributed by atoms with Gasteiger partial charge in [0.2, 0.25) is 5.91 Å². The summed E-state index contributed by atoms with van der Waals surface area (Å²) in [5, 5.41) is 2.89. The maximum Gasteiger partial charge on any atom is 0.237 e. The molecule has 4 nitrogen and oxygen atoms in total. The minimum absolute atomic E-state index is 0.0836. The topological polar surface area (TPSA) is 58.4 Å². The molecule has 1 aliphatic rings. The first kappa shape index (κ1) is 14.0. The molecule has 0 spiro atoms. The number of fused-ring (bicyclic) bond motifs is 1. The molecule has 1 amide bonds. The van der Waals surface area contributed by atoms with E-state index in [1.54, 1.807) is 0 Å². The summed E-state index contributed by atoms with van der Waals surface area (Å²) in [7, 11) is 0. The van der Waals surface area contributed by atoms with Gasteiger partial charge < -0.3 is 11.1 Å². The van der Waals surface area contributed by atoms with Crippen LogP contribution in [-0.2, 0) is 11.2 Å². The molecular weight excluding hydrogens is 238 g/mol. The summed E-state index contributed by atoms with van der Waals surface area (Å²) in [4.78, 5) is 14.2. The van der Waals surface area contributed by atoms with E-state index >= 15 is 0 Å². The standard InChI is InChI=1S/C15H23N3O/c1-3-17-15(19)11(2)18-9-8-12-6-4-5-7-13(12)14(18)10-16/h4-7,11,14H,3,8-10,16H2,1-2H3,(H,17,19). The average Bonchev–Trinajstić information content (AvgIpc) is 2.45. The van der Waals surface area contributed by atoms with E-state index in [0.717, 1.165) is 13.0 Å². The van der Waals surface area contributed by atoms with Crippen LogP contribution >= 0.6 is 0 Å². The lowest BCUT2D eigenvalue weighted by Crippen LogP contribution is -2.50. The highest BCUT2D eigenvalue weighted by Gasteiger charge is 2.32. The molecule has 0 aromatic heterocycles. The number of carbonyl (C=O) groups excluding carboxylic acids is 1. The fourth-order valence-electron chi connectivity index (χ4n) is 2.87. The van der Waals surface area contributed by atoms with Gasteiger partial charge in [-0.2, -0.15) is 0 Å². The van der Waals surface area contributed by atoms with Crippen LogP contribution in [0.1, 0.15) is 31.0 Å². The van der Waals surface area contributed by atoms with Crippen molar-refractivity contribution in [2.45, 2.75) is 32.4 Å². The van der Waals surface area contributed by atoms with E-state index in [9.17, 15) is 4.79 Å². The molecule has 19 heavy (non-hydrogen) atoms. The fourth-order valence-corrected chi connectivity index (χ4v) is 2.87. The molecule has 1 aromatic rings. The SMILES string of the molecule is CCNC(=O)C(C)N1CCc2ccccc2C1CN. The Morgan fingerprint density at radius 1 is 1.53 bits per heavy atom. The zero-order valence-corrected chi connectivity index (χ0v) is 11.7. The van der Waals surface area contributed by atoms with Crippen LogP contribution < -0.4 is 11.1 Å². The Hall–Kier alpha value is -1.39. The summed E-state index contributed by atoms with van der Waals surface area (Å²) in [5.41, 5.74) is 8.58. The highest BCUT2D eigenvalue weighted by molar-refractivity contribution is 5.81. The first-order valence-electron chi connectivity index (χ1n) is 7.00. The zero-order valence-electron chi connectivity index (χ0n) is 11.7. The van der Waals surface area contributed by atoms with Crippen molar-refractivity contribution in [2.24, 2.45) is 5.73 Å². The summed E-state index contributed by atoms with van der Waals surface area (Å²) >= 11 is 0. The second-order valence-corrected chi connectivity index (χ2v) is 5.01. The van der Waals surface area contributed by atoms with E-state index in [2.05, 4.69) is 28.4 Å². The number of nitrogens with two attached hydrogens (primary N) is 1. The van der Waals surface area contributed by atoms with Crippen molar-refractivity contribution in [3.05, 3.63) is 35.4 Å². The highest BCUT2D eigenvalue weighted by atomic mass is 16.2. The smallest absolute Gasteiger partial charge is 0.237 e. The number of amides is 1. The van der Waals surface area contributed by atoms with E-state index in [-0.39, 0.29) is 18.0 Å². The van der Waals surface area contributed by atoms with E-state index in [1.165, 1.54) is 11.1 Å². The Morgan fingerprint density at radius 2 is 2.26 bits per heavy atom. The van der Waals surface area contributed by atoms with Crippen LogP contribution in [0.25, 0.3) is 0 Å². The Kier molecular flexibility index (Phi) is 4.56. The Bertz CT molecular complexity index is 447. The Labute approximate surface area is 115 Å². The average molecular weight is 261 g/mol. The zero-order chi connectivity index (χ0) is 13.8. The lowest BCUT2D eigenvalue weighted by atomic mass is 9.91. The quantitative estimate of drug-likeness (QED) is 0.852. The molecule has 0 saturated carbocycles. The van der Waals surface area contributed by atoms with Crippen molar-refractivity contribution < 1.29 is 4.79 Å². The van der Waals surface area contributed by atoms with E-state index in [0.29, 0.717) is 13.1 Å². The number of nitrogens with zero attached hydrogens (tertiary/aromatic N) is 1. The highest BCUT2D eigenvalue weighted by Crippen LogP contribution is 2.30. The van der Waals surface area contributed by atoms with Crippen molar-refractivity contribution in [2.75, 3.05) is 19.6 Å². The van der Waals surface area contributed by atoms with Crippen LogP contribution in [0.15, 0.2) is 24.3 Å². The predicted molar refractivity (Wildman–Crippen MR) is 76.8 cm³/mol. The third-order valence-electron chi connectivity index (χ3n) is 3.90. The summed E-state index contributed by atoms with van der Waals surface area (Å²) in [5.74, 6) is 0.0836. The Morgan fingerprint density at radius 3 is 2.95 bits per heavy atom. The van der Waals surface area contributed by atoms with Crippen LogP contribution in [0.2, 0.25) is 0 Å². The van der Waals surface area contributed by atoms with Gasteiger partial charge in [-0.15, -0.1) is 0 Å². The number of carbonyl (C=O) groups is 1. The van der Waals surface area contributed by atoms with Crippen molar-refractivity contribution >= 4 is 5.91 Å². The monoisotopic (exact) mass is 261 g/mol. The second kappa shape index (κ2) is 6.17. The van der Waals surface area contributed by atoms with Gasteiger partial charge in [0.15, 0.2) is 0 Å². The molecule has 4 heteroatoms. The van der Waals surface area contributed by atoms with E-state index in [1.807, 2.05) is 19.9 Å². The molecule has 2 rings (SSSR count). The second-order valence-electron chi connectivity index (χ2n) is 5.01. The number of nitrogens with one attached hydrogen (secondary N) is 1. The van der Waals surface area contributed by atoms with Gasteiger partial charge in [-0.1, -0.05) is 24.3 Å². The number of hydrogen-bond donors (Lipinski definition) is 2. The molecule has 1 heterocycles. The van der Waals surface area contributed by atoms with Crippen LogP contribution in [0.3, 0.4) is 0 Å². The third-order valence-corrected chi connectivity index (χ3v) is 3.90. The van der Waals surface area contributed by atoms with Crippen molar-refractivity contribution in [1.82, 2.24) is 10.2 Å². The summed E-state index contributed by atoms with van der Waals surface area (Å²) in [6.07, 6.45) is 0.983. The molecule has 2 unspecified atom stereocenters. The van der Waals surface area contributed by atoms with Crippen molar-refractivity contribution in [1.29, 1.82) is 0 Å². The number of likely N-dealkylation sites (N-methyl/N-ethyl adjacent to an activating group) is 1. The van der Waals surface area contributed by atoms with E-state index in [4.69, 9.17) is 5.73 Å². The van der Waals surface area contributed by atoms with Crippen LogP contribution in [0.4, 0.5) is 0 Å². The molecule has 0 fully saturated rings. The lowest BCUT2D eigenvalue weighted by Gasteiger charge is -2.39. The molecule has 104 valence electrons. The molecule has 1 aliphatic heterocycles. The Balaban J connectivity index is 2.22. The van der Waals surface area contributed by atoms with Gasteiger partial charge in [-0.25, -0.2) is 0 Å². The molecule has 3 N–H and O–H groups in total. The van der Waals surface area contributed by atoms with Gasteiger partial charge in [0, 0.05) is 25.7 Å².